The summed E-state index contributed by atoms with van der Waals surface area (Å²) in [5, 5.41) is 13.1. The van der Waals surface area contributed by atoms with Crippen LogP contribution in [-0.2, 0) is 4.74 Å². The zero-order valence-electron chi connectivity index (χ0n) is 12.4. The highest BCUT2D eigenvalue weighted by Crippen LogP contribution is 2.17. The van der Waals surface area contributed by atoms with Crippen molar-refractivity contribution < 1.29 is 14.6 Å². The molecule has 0 spiro atoms. The molecule has 0 radical (unpaired) electrons. The molecule has 0 heterocycles. The van der Waals surface area contributed by atoms with E-state index in [-0.39, 0.29) is 12.2 Å². The lowest BCUT2D eigenvalue weighted by molar-refractivity contribution is -0.0112. The molecule has 0 fully saturated rings. The van der Waals surface area contributed by atoms with Gasteiger partial charge in [0.2, 0.25) is 0 Å². The van der Waals surface area contributed by atoms with Crippen molar-refractivity contribution in [3.05, 3.63) is 28.7 Å². The van der Waals surface area contributed by atoms with E-state index in [2.05, 4.69) is 21.2 Å². The van der Waals surface area contributed by atoms with Crippen LogP contribution in [0, 0.1) is 0 Å². The van der Waals surface area contributed by atoms with E-state index in [1.54, 1.807) is 0 Å². The predicted octanol–water partition coefficient (Wildman–Crippen LogP) is 2.59. The van der Waals surface area contributed by atoms with E-state index >= 15 is 0 Å². The Morgan fingerprint density at radius 3 is 2.80 bits per heavy atom. The molecule has 4 nitrogen and oxygen atoms in total. The number of hydrogen-bond donors (Lipinski definition) is 2. The van der Waals surface area contributed by atoms with Crippen LogP contribution >= 0.6 is 15.9 Å². The minimum Gasteiger partial charge on any atom is -0.491 e. The summed E-state index contributed by atoms with van der Waals surface area (Å²) in [4.78, 5) is 0. The second kappa shape index (κ2) is 8.62. The van der Waals surface area contributed by atoms with Crippen LogP contribution in [0.5, 0.6) is 5.75 Å². The third-order valence-electron chi connectivity index (χ3n) is 2.70. The van der Waals surface area contributed by atoms with E-state index in [9.17, 15) is 5.11 Å². The van der Waals surface area contributed by atoms with Crippen LogP contribution in [-0.4, -0.2) is 43.1 Å². The van der Waals surface area contributed by atoms with Gasteiger partial charge in [-0.3, -0.25) is 0 Å². The molecule has 1 atom stereocenters. The highest BCUT2D eigenvalue weighted by atomic mass is 79.9. The molecule has 0 aliphatic carbocycles. The van der Waals surface area contributed by atoms with E-state index in [0.717, 1.165) is 10.2 Å². The Morgan fingerprint density at radius 1 is 1.40 bits per heavy atom. The molecule has 0 bridgehead atoms. The molecular formula is C15H24BrNO3. The van der Waals surface area contributed by atoms with Gasteiger partial charge in [-0.1, -0.05) is 22.0 Å². The summed E-state index contributed by atoms with van der Waals surface area (Å²) in [6, 6.07) is 7.57. The van der Waals surface area contributed by atoms with Gasteiger partial charge in [0.25, 0.3) is 0 Å². The van der Waals surface area contributed by atoms with E-state index in [1.807, 2.05) is 45.0 Å². The monoisotopic (exact) mass is 345 g/mol. The fraction of sp³-hybridized carbons (Fsp3) is 0.600. The maximum atomic E-state index is 9.87. The van der Waals surface area contributed by atoms with Crippen molar-refractivity contribution in [3.63, 3.8) is 0 Å². The predicted molar refractivity (Wildman–Crippen MR) is 84.2 cm³/mol. The lowest BCUT2D eigenvalue weighted by Crippen LogP contribution is -2.41. The minimum atomic E-state index is -0.550. The van der Waals surface area contributed by atoms with Crippen LogP contribution in [0.3, 0.4) is 0 Å². The Balaban J connectivity index is 2.22. The summed E-state index contributed by atoms with van der Waals surface area (Å²) in [7, 11) is 0. The van der Waals surface area contributed by atoms with Crippen molar-refractivity contribution in [2.75, 3.05) is 26.3 Å². The average molecular weight is 346 g/mol. The first-order valence-electron chi connectivity index (χ1n) is 6.84. The maximum absolute atomic E-state index is 9.87. The lowest BCUT2D eigenvalue weighted by atomic mass is 10.1. The first-order valence-corrected chi connectivity index (χ1v) is 7.63. The molecule has 1 aromatic carbocycles. The molecule has 0 saturated heterocycles. The van der Waals surface area contributed by atoms with Crippen LogP contribution in [0.4, 0.5) is 0 Å². The third kappa shape index (κ3) is 7.24. The molecule has 2 N–H and O–H groups in total. The van der Waals surface area contributed by atoms with Crippen molar-refractivity contribution in [2.24, 2.45) is 0 Å². The summed E-state index contributed by atoms with van der Waals surface area (Å²) < 4.78 is 12.1. The zero-order valence-corrected chi connectivity index (χ0v) is 13.9. The summed E-state index contributed by atoms with van der Waals surface area (Å²) >= 11 is 3.38. The fourth-order valence-corrected chi connectivity index (χ4v) is 2.17. The summed E-state index contributed by atoms with van der Waals surface area (Å²) in [5.41, 5.74) is -0.223. The van der Waals surface area contributed by atoms with Gasteiger partial charge in [0.05, 0.1) is 5.60 Å². The molecule has 20 heavy (non-hydrogen) atoms. The number of ether oxygens (including phenoxy) is 2. The Morgan fingerprint density at radius 2 is 2.15 bits per heavy atom. The van der Waals surface area contributed by atoms with E-state index in [0.29, 0.717) is 19.7 Å². The number of aliphatic hydroxyl groups excluding tert-OH is 1. The molecule has 0 aliphatic heterocycles. The number of halogens is 1. The summed E-state index contributed by atoms with van der Waals surface area (Å²) in [5.74, 6) is 0.744. The minimum absolute atomic E-state index is 0.223. The smallest absolute Gasteiger partial charge is 0.120 e. The SMILES string of the molecule is CCOC(C)(C)CNCC(O)COc1cccc(Br)c1. The Labute approximate surface area is 129 Å². The Hall–Kier alpha value is -0.620. The molecule has 114 valence electrons. The van der Waals surface area contributed by atoms with Crippen molar-refractivity contribution in [2.45, 2.75) is 32.5 Å². The molecule has 0 aromatic heterocycles. The van der Waals surface area contributed by atoms with Gasteiger partial charge in [-0.15, -0.1) is 0 Å². The largest absolute Gasteiger partial charge is 0.491 e. The normalized spacial score (nSPS) is 13.2. The van der Waals surface area contributed by atoms with Crippen molar-refractivity contribution in [1.82, 2.24) is 5.32 Å². The van der Waals surface area contributed by atoms with Crippen LogP contribution in [0.25, 0.3) is 0 Å². The molecular weight excluding hydrogens is 322 g/mol. The molecule has 1 unspecified atom stereocenters. The van der Waals surface area contributed by atoms with Gasteiger partial charge in [0.15, 0.2) is 0 Å². The molecule has 5 heteroatoms. The van der Waals surface area contributed by atoms with Crippen LogP contribution in [0.15, 0.2) is 28.7 Å². The first-order chi connectivity index (χ1) is 9.43. The second-order valence-corrected chi connectivity index (χ2v) is 6.16. The van der Waals surface area contributed by atoms with Crippen LogP contribution in [0.1, 0.15) is 20.8 Å². The number of benzene rings is 1. The molecule has 1 aromatic rings. The molecule has 1 rings (SSSR count). The highest BCUT2D eigenvalue weighted by Gasteiger charge is 2.17. The van der Waals surface area contributed by atoms with Gasteiger partial charge in [-0.25, -0.2) is 0 Å². The van der Waals surface area contributed by atoms with Gasteiger partial charge in [0.1, 0.15) is 18.5 Å². The van der Waals surface area contributed by atoms with Gasteiger partial charge in [0, 0.05) is 24.2 Å². The highest BCUT2D eigenvalue weighted by molar-refractivity contribution is 9.10. The topological polar surface area (TPSA) is 50.7 Å². The van der Waals surface area contributed by atoms with Gasteiger partial charge >= 0.3 is 0 Å². The molecule has 0 amide bonds. The standard InChI is InChI=1S/C15H24BrNO3/c1-4-20-15(2,3)11-17-9-13(18)10-19-14-7-5-6-12(16)8-14/h5-8,13,17-18H,4,9-11H2,1-3H3. The van der Waals surface area contributed by atoms with Crippen molar-refractivity contribution in [1.29, 1.82) is 0 Å². The first kappa shape index (κ1) is 17.4. The summed E-state index contributed by atoms with van der Waals surface area (Å²) in [6.45, 7) is 8.13. The zero-order chi connectivity index (χ0) is 15.0. The fourth-order valence-electron chi connectivity index (χ4n) is 1.79. The van der Waals surface area contributed by atoms with Crippen molar-refractivity contribution >= 4 is 15.9 Å². The van der Waals surface area contributed by atoms with E-state index < -0.39 is 6.10 Å². The Bertz CT molecular complexity index is 398. The molecule has 0 saturated carbocycles. The summed E-state index contributed by atoms with van der Waals surface area (Å²) in [6.07, 6.45) is -0.550. The average Bonchev–Trinajstić information content (AvgIpc) is 2.36. The maximum Gasteiger partial charge on any atom is 0.120 e. The number of hydrogen-bond acceptors (Lipinski definition) is 4. The van der Waals surface area contributed by atoms with Crippen molar-refractivity contribution in [3.8, 4) is 5.75 Å². The van der Waals surface area contributed by atoms with E-state index in [1.165, 1.54) is 0 Å². The van der Waals surface area contributed by atoms with Gasteiger partial charge in [-0.2, -0.15) is 0 Å². The van der Waals surface area contributed by atoms with E-state index in [4.69, 9.17) is 9.47 Å². The second-order valence-electron chi connectivity index (χ2n) is 5.25. The lowest BCUT2D eigenvalue weighted by Gasteiger charge is -2.25. The molecule has 0 aliphatic rings. The van der Waals surface area contributed by atoms with Crippen LogP contribution in [0.2, 0.25) is 0 Å². The van der Waals surface area contributed by atoms with Crippen LogP contribution < -0.4 is 10.1 Å². The van der Waals surface area contributed by atoms with Gasteiger partial charge in [-0.05, 0) is 39.0 Å². The quantitative estimate of drug-likeness (QED) is 0.722. The third-order valence-corrected chi connectivity index (χ3v) is 3.20. The van der Waals surface area contributed by atoms with Gasteiger partial charge < -0.3 is 19.9 Å². The number of nitrogens with one attached hydrogen (secondary N) is 1. The number of rotatable bonds is 9. The number of aliphatic hydroxyl groups is 1. The Kier molecular flexibility index (Phi) is 7.51.